The van der Waals surface area contributed by atoms with Gasteiger partial charge in [-0.15, -0.1) is 0 Å². The predicted octanol–water partition coefficient (Wildman–Crippen LogP) is 5.30. The fourth-order valence-electron chi connectivity index (χ4n) is 3.36. The summed E-state index contributed by atoms with van der Waals surface area (Å²) in [7, 11) is 0. The third kappa shape index (κ3) is 4.66. The van der Waals surface area contributed by atoms with Crippen molar-refractivity contribution in [3.05, 3.63) is 52.7 Å². The van der Waals surface area contributed by atoms with E-state index in [1.54, 1.807) is 0 Å². The smallest absolute Gasteiger partial charge is 0.433 e. The van der Waals surface area contributed by atoms with Crippen LogP contribution in [0.4, 0.5) is 17.6 Å². The summed E-state index contributed by atoms with van der Waals surface area (Å²) >= 11 is 6.12. The average Bonchev–Trinajstić information content (AvgIpc) is 3.24. The van der Waals surface area contributed by atoms with Crippen molar-refractivity contribution in [2.24, 2.45) is 0 Å². The number of hydrogen-bond acceptors (Lipinski definition) is 4. The Bertz CT molecular complexity index is 1130. The Hall–Kier alpha value is -2.85. The monoisotopic (exact) mass is 473 g/mol. The molecule has 0 aliphatic rings. The van der Waals surface area contributed by atoms with Crippen molar-refractivity contribution in [2.75, 3.05) is 6.61 Å². The topological polar surface area (TPSA) is 80.1 Å². The van der Waals surface area contributed by atoms with E-state index in [9.17, 15) is 27.5 Å². The summed E-state index contributed by atoms with van der Waals surface area (Å²) < 4.78 is 62.2. The summed E-state index contributed by atoms with van der Waals surface area (Å²) in [5, 5.41) is 13.7. The number of aromatic amines is 1. The van der Waals surface area contributed by atoms with Gasteiger partial charge >= 0.3 is 12.1 Å². The molecule has 172 valence electrons. The number of nitrogens with one attached hydrogen (secondary N) is 1. The number of carbonyl (C=O) groups excluding carboxylic acids is 1. The van der Waals surface area contributed by atoms with Crippen molar-refractivity contribution < 1.29 is 32.2 Å². The zero-order valence-electron chi connectivity index (χ0n) is 17.3. The number of benzene rings is 1. The predicted molar refractivity (Wildman–Crippen MR) is 110 cm³/mol. The molecule has 32 heavy (non-hydrogen) atoms. The SMILES string of the molecule is CCOC(=O)c1c(-c2c(F)cccc2Cl)c[nH]c1-c1cnn(CC(C)(C)O)c1C(F)(F)F. The molecule has 2 aromatic heterocycles. The van der Waals surface area contributed by atoms with Gasteiger partial charge in [0.2, 0.25) is 0 Å². The lowest BCUT2D eigenvalue weighted by Gasteiger charge is -2.20. The molecule has 2 heterocycles. The number of hydrogen-bond donors (Lipinski definition) is 2. The maximum Gasteiger partial charge on any atom is 0.433 e. The van der Waals surface area contributed by atoms with Crippen molar-refractivity contribution >= 4 is 17.6 Å². The first-order valence-corrected chi connectivity index (χ1v) is 9.91. The number of esters is 1. The van der Waals surface area contributed by atoms with Crippen LogP contribution < -0.4 is 0 Å². The maximum atomic E-state index is 14.6. The minimum atomic E-state index is -4.87. The zero-order valence-corrected chi connectivity index (χ0v) is 18.1. The van der Waals surface area contributed by atoms with E-state index in [1.165, 1.54) is 39.1 Å². The van der Waals surface area contributed by atoms with Gasteiger partial charge in [-0.1, -0.05) is 17.7 Å². The van der Waals surface area contributed by atoms with Crippen molar-refractivity contribution in [2.45, 2.75) is 39.1 Å². The van der Waals surface area contributed by atoms with Gasteiger partial charge in [-0.3, -0.25) is 4.68 Å². The van der Waals surface area contributed by atoms with E-state index < -0.39 is 41.4 Å². The Labute approximate surface area is 185 Å². The maximum absolute atomic E-state index is 14.6. The van der Waals surface area contributed by atoms with Gasteiger partial charge in [0.05, 0.1) is 41.2 Å². The molecule has 0 aliphatic heterocycles. The van der Waals surface area contributed by atoms with E-state index in [0.29, 0.717) is 4.68 Å². The van der Waals surface area contributed by atoms with Gasteiger partial charge in [-0.2, -0.15) is 18.3 Å². The number of nitrogens with zero attached hydrogens (tertiary/aromatic N) is 2. The minimum Gasteiger partial charge on any atom is -0.462 e. The fraction of sp³-hybridized carbons (Fsp3) is 0.333. The number of H-pyrrole nitrogens is 1. The van der Waals surface area contributed by atoms with Crippen LogP contribution in [0.15, 0.2) is 30.6 Å². The van der Waals surface area contributed by atoms with Crippen LogP contribution >= 0.6 is 11.6 Å². The normalized spacial score (nSPS) is 12.3. The number of aliphatic hydroxyl groups is 1. The lowest BCUT2D eigenvalue weighted by molar-refractivity contribution is -0.144. The van der Waals surface area contributed by atoms with Crippen molar-refractivity contribution in [1.29, 1.82) is 0 Å². The molecule has 3 rings (SSSR count). The Morgan fingerprint density at radius 2 is 1.97 bits per heavy atom. The first-order valence-electron chi connectivity index (χ1n) is 9.53. The highest BCUT2D eigenvalue weighted by molar-refractivity contribution is 6.33. The Morgan fingerprint density at radius 1 is 1.28 bits per heavy atom. The van der Waals surface area contributed by atoms with Crippen molar-refractivity contribution in [1.82, 2.24) is 14.8 Å². The molecule has 1 aromatic carbocycles. The molecule has 6 nitrogen and oxygen atoms in total. The summed E-state index contributed by atoms with van der Waals surface area (Å²) in [5.41, 5.74) is -3.91. The molecule has 0 unspecified atom stereocenters. The number of carbonyl (C=O) groups is 1. The van der Waals surface area contributed by atoms with Crippen LogP contribution in [-0.4, -0.2) is 38.0 Å². The second-order valence-electron chi connectivity index (χ2n) is 7.64. The van der Waals surface area contributed by atoms with Gasteiger partial charge in [0, 0.05) is 22.9 Å². The molecule has 0 atom stereocenters. The van der Waals surface area contributed by atoms with Gasteiger partial charge < -0.3 is 14.8 Å². The van der Waals surface area contributed by atoms with E-state index in [2.05, 4.69) is 10.1 Å². The lowest BCUT2D eigenvalue weighted by Crippen LogP contribution is -2.29. The number of rotatable bonds is 6. The molecule has 0 bridgehead atoms. The molecule has 0 spiro atoms. The van der Waals surface area contributed by atoms with Gasteiger partial charge in [0.25, 0.3) is 0 Å². The van der Waals surface area contributed by atoms with E-state index in [-0.39, 0.29) is 34.0 Å². The first-order chi connectivity index (χ1) is 14.8. The number of halogens is 5. The van der Waals surface area contributed by atoms with Crippen LogP contribution in [0.2, 0.25) is 5.02 Å². The Balaban J connectivity index is 2.30. The quantitative estimate of drug-likeness (QED) is 0.376. The van der Waals surface area contributed by atoms with Gasteiger partial charge in [-0.25, -0.2) is 9.18 Å². The molecular formula is C21H20ClF4N3O3. The molecule has 0 fully saturated rings. The highest BCUT2D eigenvalue weighted by Crippen LogP contribution is 2.42. The lowest BCUT2D eigenvalue weighted by atomic mass is 9.99. The summed E-state index contributed by atoms with van der Waals surface area (Å²) in [4.78, 5) is 15.4. The highest BCUT2D eigenvalue weighted by Gasteiger charge is 2.41. The third-order valence-electron chi connectivity index (χ3n) is 4.51. The highest BCUT2D eigenvalue weighted by atomic mass is 35.5. The van der Waals surface area contributed by atoms with Crippen LogP contribution in [0.25, 0.3) is 22.4 Å². The molecule has 2 N–H and O–H groups in total. The van der Waals surface area contributed by atoms with Crippen LogP contribution in [0.5, 0.6) is 0 Å². The van der Waals surface area contributed by atoms with Gasteiger partial charge in [0.15, 0.2) is 5.69 Å². The second-order valence-corrected chi connectivity index (χ2v) is 8.05. The number of alkyl halides is 3. The minimum absolute atomic E-state index is 0.0325. The van der Waals surface area contributed by atoms with E-state index >= 15 is 0 Å². The van der Waals surface area contributed by atoms with Crippen LogP contribution in [0.3, 0.4) is 0 Å². The summed E-state index contributed by atoms with van der Waals surface area (Å²) in [5.74, 6) is -1.72. The first kappa shape index (κ1) is 23.8. The zero-order chi connectivity index (χ0) is 23.8. The van der Waals surface area contributed by atoms with Crippen molar-refractivity contribution in [3.8, 4) is 22.4 Å². The third-order valence-corrected chi connectivity index (χ3v) is 4.82. The number of aromatic nitrogens is 3. The fourth-order valence-corrected chi connectivity index (χ4v) is 3.62. The summed E-state index contributed by atoms with van der Waals surface area (Å²) in [6.45, 7) is 3.70. The summed E-state index contributed by atoms with van der Waals surface area (Å²) in [6, 6.07) is 3.87. The van der Waals surface area contributed by atoms with E-state index in [0.717, 1.165) is 12.3 Å². The molecule has 0 aliphatic carbocycles. The standard InChI is InChI=1S/C21H20ClF4N3O3/c1-4-32-19(30)16-11(15-13(22)6-5-7-14(15)23)8-27-17(16)12-9-28-29(10-20(2,3)31)18(12)21(24,25)26/h5-9,27,31H,4,10H2,1-3H3. The second kappa shape index (κ2) is 8.59. The van der Waals surface area contributed by atoms with Crippen LogP contribution in [-0.2, 0) is 17.5 Å². The van der Waals surface area contributed by atoms with Crippen LogP contribution in [0, 0.1) is 5.82 Å². The molecule has 3 aromatic rings. The van der Waals surface area contributed by atoms with E-state index in [4.69, 9.17) is 16.3 Å². The number of ether oxygens (including phenoxy) is 1. The van der Waals surface area contributed by atoms with Crippen LogP contribution in [0.1, 0.15) is 36.8 Å². The van der Waals surface area contributed by atoms with Gasteiger partial charge in [0.1, 0.15) is 5.82 Å². The Kier molecular flexibility index (Phi) is 6.39. The largest absolute Gasteiger partial charge is 0.462 e. The molecule has 0 radical (unpaired) electrons. The molecule has 0 saturated heterocycles. The van der Waals surface area contributed by atoms with Gasteiger partial charge in [-0.05, 0) is 32.9 Å². The Morgan fingerprint density at radius 3 is 2.53 bits per heavy atom. The summed E-state index contributed by atoms with van der Waals surface area (Å²) in [6.07, 6.45) is -2.75. The molecular weight excluding hydrogens is 454 g/mol. The molecule has 0 amide bonds. The van der Waals surface area contributed by atoms with Crippen molar-refractivity contribution in [3.63, 3.8) is 0 Å². The average molecular weight is 474 g/mol. The molecule has 11 heteroatoms. The van der Waals surface area contributed by atoms with E-state index in [1.807, 2.05) is 0 Å². The molecule has 0 saturated carbocycles.